The molecule has 1 rings (SSSR count). The molecule has 2 atom stereocenters. The summed E-state index contributed by atoms with van der Waals surface area (Å²) in [6.07, 6.45) is 2.64. The standard InChI is InChI=1S/C10H21NO/c1-10(2,3)8-5-6-12-9(7-8)11-4/h8-9,11H,5-7H2,1-4H3/t8-,9+/m0/s1. The Morgan fingerprint density at radius 2 is 2.00 bits per heavy atom. The zero-order valence-electron chi connectivity index (χ0n) is 8.68. The molecule has 12 heavy (non-hydrogen) atoms. The zero-order chi connectivity index (χ0) is 9.19. The van der Waals surface area contributed by atoms with Gasteiger partial charge in [0.1, 0.15) is 6.23 Å². The predicted octanol–water partition coefficient (Wildman–Crippen LogP) is 2.00. The van der Waals surface area contributed by atoms with Gasteiger partial charge in [-0.2, -0.15) is 0 Å². The van der Waals surface area contributed by atoms with Crippen molar-refractivity contribution in [2.75, 3.05) is 13.7 Å². The second-order valence-electron chi connectivity index (χ2n) is 4.74. The Morgan fingerprint density at radius 1 is 1.33 bits per heavy atom. The Bertz CT molecular complexity index is 139. The lowest BCUT2D eigenvalue weighted by Crippen LogP contribution is -2.39. The molecule has 2 nitrogen and oxygen atoms in total. The summed E-state index contributed by atoms with van der Waals surface area (Å²) < 4.78 is 5.54. The van der Waals surface area contributed by atoms with Gasteiger partial charge in [-0.15, -0.1) is 0 Å². The fraction of sp³-hybridized carbons (Fsp3) is 1.00. The smallest absolute Gasteiger partial charge is 0.108 e. The molecule has 0 saturated carbocycles. The summed E-state index contributed by atoms with van der Waals surface area (Å²) in [5.41, 5.74) is 0.429. The lowest BCUT2D eigenvalue weighted by molar-refractivity contribution is -0.0475. The van der Waals surface area contributed by atoms with E-state index in [2.05, 4.69) is 26.1 Å². The van der Waals surface area contributed by atoms with Gasteiger partial charge in [0.25, 0.3) is 0 Å². The highest BCUT2D eigenvalue weighted by Gasteiger charge is 2.30. The van der Waals surface area contributed by atoms with Crippen molar-refractivity contribution in [1.82, 2.24) is 5.32 Å². The van der Waals surface area contributed by atoms with Crippen molar-refractivity contribution >= 4 is 0 Å². The molecule has 2 heteroatoms. The van der Waals surface area contributed by atoms with Crippen molar-refractivity contribution in [1.29, 1.82) is 0 Å². The maximum absolute atomic E-state index is 5.54. The van der Waals surface area contributed by atoms with Crippen molar-refractivity contribution in [2.24, 2.45) is 11.3 Å². The van der Waals surface area contributed by atoms with E-state index in [9.17, 15) is 0 Å². The summed E-state index contributed by atoms with van der Waals surface area (Å²) in [6.45, 7) is 7.86. The molecule has 1 N–H and O–H groups in total. The van der Waals surface area contributed by atoms with Crippen molar-refractivity contribution in [3.63, 3.8) is 0 Å². The number of hydrogen-bond acceptors (Lipinski definition) is 2. The van der Waals surface area contributed by atoms with Crippen LogP contribution in [0.3, 0.4) is 0 Å². The van der Waals surface area contributed by atoms with E-state index in [-0.39, 0.29) is 6.23 Å². The monoisotopic (exact) mass is 171 g/mol. The third-order valence-electron chi connectivity index (χ3n) is 2.83. The van der Waals surface area contributed by atoms with Crippen LogP contribution >= 0.6 is 0 Å². The summed E-state index contributed by atoms with van der Waals surface area (Å²) in [7, 11) is 1.97. The van der Waals surface area contributed by atoms with Crippen LogP contribution in [0.4, 0.5) is 0 Å². The molecular formula is C10H21NO. The number of nitrogens with one attached hydrogen (secondary N) is 1. The summed E-state index contributed by atoms with van der Waals surface area (Å²) in [6, 6.07) is 0. The molecule has 0 aliphatic carbocycles. The fourth-order valence-corrected chi connectivity index (χ4v) is 1.78. The van der Waals surface area contributed by atoms with Crippen LogP contribution in [0.5, 0.6) is 0 Å². The number of ether oxygens (including phenoxy) is 1. The van der Waals surface area contributed by atoms with Crippen molar-refractivity contribution in [2.45, 2.75) is 39.8 Å². The van der Waals surface area contributed by atoms with Gasteiger partial charge in [-0.25, -0.2) is 0 Å². The summed E-state index contributed by atoms with van der Waals surface area (Å²) in [5, 5.41) is 3.18. The van der Waals surface area contributed by atoms with E-state index in [1.807, 2.05) is 7.05 Å². The van der Waals surface area contributed by atoms with Crippen molar-refractivity contribution in [3.05, 3.63) is 0 Å². The molecule has 0 spiro atoms. The van der Waals surface area contributed by atoms with Crippen LogP contribution in [0.1, 0.15) is 33.6 Å². The van der Waals surface area contributed by atoms with Gasteiger partial charge < -0.3 is 4.74 Å². The van der Waals surface area contributed by atoms with Gasteiger partial charge in [0.2, 0.25) is 0 Å². The lowest BCUT2D eigenvalue weighted by Gasteiger charge is -2.37. The molecule has 1 aliphatic heterocycles. The van der Waals surface area contributed by atoms with Crippen LogP contribution in [0.25, 0.3) is 0 Å². The van der Waals surface area contributed by atoms with E-state index in [0.717, 1.165) is 18.9 Å². The minimum Gasteiger partial charge on any atom is -0.363 e. The summed E-state index contributed by atoms with van der Waals surface area (Å²) in [5.74, 6) is 0.795. The molecule has 0 aromatic rings. The Kier molecular flexibility index (Phi) is 3.13. The first kappa shape index (κ1) is 10.0. The molecule has 0 radical (unpaired) electrons. The van der Waals surface area contributed by atoms with Crippen LogP contribution in [0.15, 0.2) is 0 Å². The molecular weight excluding hydrogens is 150 g/mol. The third-order valence-corrected chi connectivity index (χ3v) is 2.83. The van der Waals surface area contributed by atoms with E-state index in [4.69, 9.17) is 4.74 Å². The highest BCUT2D eigenvalue weighted by atomic mass is 16.5. The highest BCUT2D eigenvalue weighted by Crippen LogP contribution is 2.34. The molecule has 0 aromatic carbocycles. The van der Waals surface area contributed by atoms with E-state index in [1.165, 1.54) is 6.42 Å². The molecule has 0 bridgehead atoms. The van der Waals surface area contributed by atoms with Crippen LogP contribution < -0.4 is 5.32 Å². The van der Waals surface area contributed by atoms with Gasteiger partial charge in [0, 0.05) is 6.61 Å². The quantitative estimate of drug-likeness (QED) is 0.651. The Labute approximate surface area is 75.7 Å². The highest BCUT2D eigenvalue weighted by molar-refractivity contribution is 4.79. The molecule has 1 saturated heterocycles. The van der Waals surface area contributed by atoms with E-state index < -0.39 is 0 Å². The average Bonchev–Trinajstić information content (AvgIpc) is 2.03. The van der Waals surface area contributed by atoms with Crippen LogP contribution in [0.2, 0.25) is 0 Å². The zero-order valence-corrected chi connectivity index (χ0v) is 8.68. The van der Waals surface area contributed by atoms with Crippen LogP contribution in [-0.4, -0.2) is 19.9 Å². The molecule has 0 amide bonds. The average molecular weight is 171 g/mol. The normalized spacial score (nSPS) is 32.0. The minimum absolute atomic E-state index is 0.281. The van der Waals surface area contributed by atoms with Gasteiger partial charge in [-0.3, -0.25) is 5.32 Å². The maximum atomic E-state index is 5.54. The molecule has 0 unspecified atom stereocenters. The first-order chi connectivity index (χ1) is 5.54. The lowest BCUT2D eigenvalue weighted by atomic mass is 9.76. The SMILES string of the molecule is CN[C@H]1C[C@@H](C(C)(C)C)CCO1. The van der Waals surface area contributed by atoms with Crippen molar-refractivity contribution in [3.8, 4) is 0 Å². The first-order valence-corrected chi connectivity index (χ1v) is 4.83. The number of hydrogen-bond donors (Lipinski definition) is 1. The van der Waals surface area contributed by atoms with Gasteiger partial charge >= 0.3 is 0 Å². The molecule has 1 heterocycles. The van der Waals surface area contributed by atoms with Crippen LogP contribution in [-0.2, 0) is 4.74 Å². The second kappa shape index (κ2) is 3.75. The largest absolute Gasteiger partial charge is 0.363 e. The van der Waals surface area contributed by atoms with Crippen molar-refractivity contribution < 1.29 is 4.74 Å². The van der Waals surface area contributed by atoms with Gasteiger partial charge in [0.15, 0.2) is 0 Å². The fourth-order valence-electron chi connectivity index (χ4n) is 1.78. The van der Waals surface area contributed by atoms with Crippen LogP contribution in [0, 0.1) is 11.3 Å². The topological polar surface area (TPSA) is 21.3 Å². The van der Waals surface area contributed by atoms with Gasteiger partial charge in [-0.05, 0) is 31.2 Å². The molecule has 1 aliphatic rings. The second-order valence-corrected chi connectivity index (χ2v) is 4.74. The molecule has 1 fully saturated rings. The Hall–Kier alpha value is -0.0800. The number of rotatable bonds is 1. The Morgan fingerprint density at radius 3 is 2.50 bits per heavy atom. The van der Waals surface area contributed by atoms with Gasteiger partial charge in [-0.1, -0.05) is 20.8 Å². The minimum atomic E-state index is 0.281. The van der Waals surface area contributed by atoms with E-state index >= 15 is 0 Å². The maximum Gasteiger partial charge on any atom is 0.108 e. The molecule has 0 aromatic heterocycles. The first-order valence-electron chi connectivity index (χ1n) is 4.83. The summed E-state index contributed by atoms with van der Waals surface area (Å²) in [4.78, 5) is 0. The van der Waals surface area contributed by atoms with E-state index in [0.29, 0.717) is 5.41 Å². The third kappa shape index (κ3) is 2.46. The molecule has 72 valence electrons. The summed E-state index contributed by atoms with van der Waals surface area (Å²) >= 11 is 0. The predicted molar refractivity (Wildman–Crippen MR) is 51.0 cm³/mol. The van der Waals surface area contributed by atoms with Gasteiger partial charge in [0.05, 0.1) is 0 Å². The van der Waals surface area contributed by atoms with E-state index in [1.54, 1.807) is 0 Å². The Balaban J connectivity index is 2.46.